The zero-order valence-corrected chi connectivity index (χ0v) is 14.7. The summed E-state index contributed by atoms with van der Waals surface area (Å²) in [5, 5.41) is 9.86. The van der Waals surface area contributed by atoms with Gasteiger partial charge < -0.3 is 14.6 Å². The Hall–Kier alpha value is -2.51. The van der Waals surface area contributed by atoms with E-state index in [1.807, 2.05) is 0 Å². The number of rotatable bonds is 4. The topological polar surface area (TPSA) is 93.1 Å². The normalized spacial score (nSPS) is 34.5. The summed E-state index contributed by atoms with van der Waals surface area (Å²) in [7, 11) is 1.43. The van der Waals surface area contributed by atoms with E-state index in [4.69, 9.17) is 9.47 Å². The van der Waals surface area contributed by atoms with Crippen molar-refractivity contribution >= 4 is 23.3 Å². The summed E-state index contributed by atoms with van der Waals surface area (Å²) in [6.07, 6.45) is 3.41. The Labute approximate surface area is 150 Å². The maximum atomic E-state index is 13.2. The molecule has 0 spiro atoms. The average Bonchev–Trinajstić information content (AvgIpc) is 3.20. The molecule has 3 heterocycles. The summed E-state index contributed by atoms with van der Waals surface area (Å²) in [5.74, 6) is -2.26. The number of amides is 2. The number of imide groups is 1. The fourth-order valence-electron chi connectivity index (χ4n) is 4.36. The summed E-state index contributed by atoms with van der Waals surface area (Å²) in [5.41, 5.74) is -1.52. The number of Topliss-reactive ketones (excluding diaryl/α,β-unsaturated/α-hetero) is 1. The minimum atomic E-state index is -1.19. The number of methoxy groups -OCH3 is 1. The van der Waals surface area contributed by atoms with Crippen LogP contribution in [0.2, 0.25) is 0 Å². The predicted octanol–water partition coefficient (Wildman–Crippen LogP) is 1.09. The van der Waals surface area contributed by atoms with Gasteiger partial charge >= 0.3 is 0 Å². The first-order valence-corrected chi connectivity index (χ1v) is 8.36. The predicted molar refractivity (Wildman–Crippen MR) is 90.9 cm³/mol. The van der Waals surface area contributed by atoms with Crippen LogP contribution in [-0.4, -0.2) is 47.6 Å². The van der Waals surface area contributed by atoms with E-state index in [9.17, 15) is 19.5 Å². The summed E-state index contributed by atoms with van der Waals surface area (Å²) >= 11 is 0. The second kappa shape index (κ2) is 5.25. The Morgan fingerprint density at radius 2 is 1.96 bits per heavy atom. The number of hydrogen-bond acceptors (Lipinski definition) is 6. The molecule has 26 heavy (non-hydrogen) atoms. The van der Waals surface area contributed by atoms with Crippen LogP contribution in [0.15, 0.2) is 30.4 Å². The van der Waals surface area contributed by atoms with Gasteiger partial charge in [0.1, 0.15) is 11.4 Å². The molecule has 0 aromatic heterocycles. The van der Waals surface area contributed by atoms with Gasteiger partial charge in [0.15, 0.2) is 5.78 Å². The van der Waals surface area contributed by atoms with E-state index in [-0.39, 0.29) is 11.5 Å². The van der Waals surface area contributed by atoms with Crippen molar-refractivity contribution in [3.63, 3.8) is 0 Å². The lowest BCUT2D eigenvalue weighted by Gasteiger charge is -2.27. The highest BCUT2D eigenvalue weighted by Gasteiger charge is 2.72. The Balaban J connectivity index is 1.84. The first-order valence-electron chi connectivity index (χ1n) is 8.36. The molecule has 1 N–H and O–H groups in total. The number of aliphatic hydroxyl groups excluding tert-OH is 1. The van der Waals surface area contributed by atoms with Crippen LogP contribution < -0.4 is 9.64 Å². The number of carbonyl (C=O) groups excluding carboxylic acids is 3. The van der Waals surface area contributed by atoms with Gasteiger partial charge in [0.25, 0.3) is 0 Å². The second-order valence-electron chi connectivity index (χ2n) is 7.14. The van der Waals surface area contributed by atoms with Gasteiger partial charge in [-0.05, 0) is 32.0 Å². The molecule has 3 aliphatic heterocycles. The summed E-state index contributed by atoms with van der Waals surface area (Å²) < 4.78 is 11.2. The molecule has 2 amide bonds. The molecule has 0 radical (unpaired) electrons. The van der Waals surface area contributed by atoms with Gasteiger partial charge in [0.2, 0.25) is 11.8 Å². The van der Waals surface area contributed by atoms with E-state index in [1.54, 1.807) is 31.2 Å². The first kappa shape index (κ1) is 16.9. The van der Waals surface area contributed by atoms with E-state index in [1.165, 1.54) is 20.1 Å². The molecule has 4 atom stereocenters. The fraction of sp³-hybridized carbons (Fsp3) is 0.421. The lowest BCUT2D eigenvalue weighted by atomic mass is 9.73. The second-order valence-corrected chi connectivity index (χ2v) is 7.14. The average molecular weight is 357 g/mol. The van der Waals surface area contributed by atoms with Gasteiger partial charge in [-0.25, -0.2) is 4.90 Å². The van der Waals surface area contributed by atoms with E-state index in [0.29, 0.717) is 11.3 Å². The van der Waals surface area contributed by atoms with Crippen LogP contribution in [0.5, 0.6) is 5.75 Å². The minimum Gasteiger partial charge on any atom is -0.495 e. The highest BCUT2D eigenvalue weighted by Crippen LogP contribution is 2.58. The molecule has 0 unspecified atom stereocenters. The minimum absolute atomic E-state index is 0.183. The quantitative estimate of drug-likeness (QED) is 0.493. The van der Waals surface area contributed by atoms with Gasteiger partial charge in [-0.15, -0.1) is 0 Å². The maximum absolute atomic E-state index is 13.2. The maximum Gasteiger partial charge on any atom is 0.241 e. The van der Waals surface area contributed by atoms with Crippen LogP contribution in [0.4, 0.5) is 5.69 Å². The lowest BCUT2D eigenvalue weighted by molar-refractivity contribution is -0.131. The lowest BCUT2D eigenvalue weighted by Crippen LogP contribution is -2.43. The van der Waals surface area contributed by atoms with Crippen molar-refractivity contribution in [3.05, 3.63) is 35.9 Å². The smallest absolute Gasteiger partial charge is 0.241 e. The van der Waals surface area contributed by atoms with Gasteiger partial charge in [-0.1, -0.05) is 12.2 Å². The number of aliphatic hydroxyl groups is 1. The van der Waals surface area contributed by atoms with Crippen LogP contribution in [0.3, 0.4) is 0 Å². The molecule has 7 nitrogen and oxygen atoms in total. The molecular weight excluding hydrogens is 338 g/mol. The molecule has 0 saturated carbocycles. The van der Waals surface area contributed by atoms with E-state index >= 15 is 0 Å². The molecule has 1 aromatic rings. The van der Waals surface area contributed by atoms with E-state index < -0.39 is 41.5 Å². The van der Waals surface area contributed by atoms with Crippen molar-refractivity contribution in [3.8, 4) is 5.75 Å². The van der Waals surface area contributed by atoms with Crippen molar-refractivity contribution < 1.29 is 29.0 Å². The molecule has 1 aromatic carbocycles. The van der Waals surface area contributed by atoms with Gasteiger partial charge in [-0.2, -0.15) is 0 Å². The number of benzene rings is 1. The Morgan fingerprint density at radius 3 is 2.58 bits per heavy atom. The van der Waals surface area contributed by atoms with Crippen LogP contribution >= 0.6 is 0 Å². The molecule has 7 heteroatoms. The number of ketones is 1. The van der Waals surface area contributed by atoms with Crippen molar-refractivity contribution in [1.82, 2.24) is 0 Å². The summed E-state index contributed by atoms with van der Waals surface area (Å²) in [6.45, 7) is 2.76. The molecule has 3 aliphatic rings. The number of hydrogen-bond donors (Lipinski definition) is 1. The van der Waals surface area contributed by atoms with Crippen molar-refractivity contribution in [2.24, 2.45) is 11.8 Å². The standard InChI is InChI=1S/C19H19NO6/c1-10(22)11-4-5-13(25-3)12(8-11)20-16(23)14-15(17(20)24)19(9-21)7-6-18(14,2)26-19/h4-8,14-15,21H,9H2,1-3H3/t14-,15+,18-,19+/m1/s1. The highest BCUT2D eigenvalue weighted by atomic mass is 16.5. The fourth-order valence-corrected chi connectivity index (χ4v) is 4.36. The van der Waals surface area contributed by atoms with Crippen molar-refractivity contribution in [2.45, 2.75) is 25.0 Å². The molecule has 2 bridgehead atoms. The molecule has 2 saturated heterocycles. The van der Waals surface area contributed by atoms with E-state index in [2.05, 4.69) is 0 Å². The number of carbonyl (C=O) groups is 3. The zero-order valence-electron chi connectivity index (χ0n) is 14.7. The van der Waals surface area contributed by atoms with Gasteiger partial charge in [0.05, 0.1) is 36.8 Å². The Morgan fingerprint density at radius 1 is 1.27 bits per heavy atom. The van der Waals surface area contributed by atoms with Gasteiger partial charge in [0, 0.05) is 5.56 Å². The van der Waals surface area contributed by atoms with E-state index in [0.717, 1.165) is 4.90 Å². The number of anilines is 1. The van der Waals surface area contributed by atoms with Crippen LogP contribution in [0.25, 0.3) is 0 Å². The molecule has 4 rings (SSSR count). The summed E-state index contributed by atoms with van der Waals surface area (Å²) in [6, 6.07) is 4.64. The highest BCUT2D eigenvalue weighted by molar-refractivity contribution is 6.24. The molecule has 136 valence electrons. The third-order valence-corrected chi connectivity index (χ3v) is 5.63. The van der Waals surface area contributed by atoms with Crippen LogP contribution in [0.1, 0.15) is 24.2 Å². The monoisotopic (exact) mass is 357 g/mol. The van der Waals surface area contributed by atoms with Crippen LogP contribution in [-0.2, 0) is 14.3 Å². The molecular formula is C19H19NO6. The molecule has 2 fully saturated rings. The third kappa shape index (κ3) is 1.92. The molecule has 0 aliphatic carbocycles. The number of nitrogens with zero attached hydrogens (tertiary/aromatic N) is 1. The number of fused-ring (bicyclic) bond motifs is 5. The number of ether oxygens (including phenoxy) is 2. The van der Waals surface area contributed by atoms with Gasteiger partial charge in [-0.3, -0.25) is 14.4 Å². The van der Waals surface area contributed by atoms with Crippen molar-refractivity contribution in [2.75, 3.05) is 18.6 Å². The third-order valence-electron chi connectivity index (χ3n) is 5.63. The summed E-state index contributed by atoms with van der Waals surface area (Å²) in [4.78, 5) is 39.2. The zero-order chi connectivity index (χ0) is 18.9. The SMILES string of the molecule is COc1ccc(C(C)=O)cc1N1C(=O)[C@@H]2[C@H](C1=O)[C@@]1(C)C=C[C@@]2(CO)O1. The van der Waals surface area contributed by atoms with Crippen LogP contribution in [0, 0.1) is 11.8 Å². The Bertz CT molecular complexity index is 877. The Kier molecular flexibility index (Phi) is 3.42. The largest absolute Gasteiger partial charge is 0.495 e. The van der Waals surface area contributed by atoms with Crippen molar-refractivity contribution in [1.29, 1.82) is 0 Å². The first-order chi connectivity index (χ1) is 12.3.